The first-order chi connectivity index (χ1) is 9.61. The Bertz CT molecular complexity index is 652. The van der Waals surface area contributed by atoms with Gasteiger partial charge in [0.25, 0.3) is 5.91 Å². The molecular weight excluding hydrogens is 288 g/mol. The molecule has 0 saturated carbocycles. The van der Waals surface area contributed by atoms with Gasteiger partial charge in [-0.1, -0.05) is 25.9 Å². The molecule has 6 nitrogen and oxygen atoms in total. The lowest BCUT2D eigenvalue weighted by molar-refractivity contribution is 0.0911. The summed E-state index contributed by atoms with van der Waals surface area (Å²) in [6.45, 7) is 11.5. The van der Waals surface area contributed by atoms with E-state index in [0.717, 1.165) is 5.69 Å². The molecule has 114 valence electrons. The second-order valence-electron chi connectivity index (χ2n) is 6.52. The minimum atomic E-state index is -0.722. The number of aryl methyl sites for hydroxylation is 1. The van der Waals surface area contributed by atoms with Gasteiger partial charge in [0.05, 0.1) is 16.7 Å². The second-order valence-corrected chi connectivity index (χ2v) is 7.37. The smallest absolute Gasteiger partial charge is 0.264 e. The Hall–Kier alpha value is -1.76. The number of aromatic nitrogens is 3. The van der Waals surface area contributed by atoms with Crippen molar-refractivity contribution in [1.82, 2.24) is 20.4 Å². The van der Waals surface area contributed by atoms with Gasteiger partial charge in [-0.05, 0) is 20.8 Å². The molecule has 0 aromatic carbocycles. The fraction of sp³-hybridized carbons (Fsp3) is 0.571. The molecule has 2 heterocycles. The van der Waals surface area contributed by atoms with Crippen molar-refractivity contribution < 1.29 is 9.32 Å². The Labute approximate surface area is 128 Å². The van der Waals surface area contributed by atoms with E-state index in [1.807, 2.05) is 41.5 Å². The Balaban J connectivity index is 2.20. The van der Waals surface area contributed by atoms with Gasteiger partial charge in [-0.2, -0.15) is 4.98 Å². The molecule has 1 amide bonds. The van der Waals surface area contributed by atoms with E-state index in [0.29, 0.717) is 16.6 Å². The molecule has 0 radical (unpaired) electrons. The highest BCUT2D eigenvalue weighted by Crippen LogP contribution is 2.24. The average molecular weight is 308 g/mol. The lowest BCUT2D eigenvalue weighted by Crippen LogP contribution is -2.41. The maximum absolute atomic E-state index is 12.3. The summed E-state index contributed by atoms with van der Waals surface area (Å²) in [6.07, 6.45) is 0. The fourth-order valence-corrected chi connectivity index (χ4v) is 2.40. The van der Waals surface area contributed by atoms with Crippen molar-refractivity contribution >= 4 is 17.2 Å². The molecule has 0 spiro atoms. The summed E-state index contributed by atoms with van der Waals surface area (Å²) < 4.78 is 5.29. The van der Waals surface area contributed by atoms with Crippen molar-refractivity contribution in [3.63, 3.8) is 0 Å². The van der Waals surface area contributed by atoms with Crippen LogP contribution in [0.15, 0.2) is 10.0 Å². The third-order valence-corrected chi connectivity index (χ3v) is 3.93. The Morgan fingerprint density at radius 3 is 2.43 bits per heavy atom. The minimum Gasteiger partial charge on any atom is -0.339 e. The lowest BCUT2D eigenvalue weighted by atomic mass is 9.97. The zero-order valence-electron chi connectivity index (χ0n) is 13.1. The van der Waals surface area contributed by atoms with E-state index in [2.05, 4.69) is 20.4 Å². The summed E-state index contributed by atoms with van der Waals surface area (Å²) >= 11 is 1.32. The normalized spacial score (nSPS) is 12.5. The van der Waals surface area contributed by atoms with Gasteiger partial charge in [-0.25, -0.2) is 4.98 Å². The first-order valence-electron chi connectivity index (χ1n) is 6.68. The highest BCUT2D eigenvalue weighted by atomic mass is 32.1. The van der Waals surface area contributed by atoms with Gasteiger partial charge >= 0.3 is 0 Å². The van der Waals surface area contributed by atoms with Crippen molar-refractivity contribution in [2.24, 2.45) is 0 Å². The predicted octanol–water partition coefficient (Wildman–Crippen LogP) is 2.80. The Kier molecular flexibility index (Phi) is 3.88. The summed E-state index contributed by atoms with van der Waals surface area (Å²) in [5.41, 5.74) is 1.43. The number of hydrogen-bond acceptors (Lipinski definition) is 6. The van der Waals surface area contributed by atoms with Gasteiger partial charge in [-0.15, -0.1) is 11.3 Å². The van der Waals surface area contributed by atoms with Crippen LogP contribution in [0.1, 0.15) is 61.7 Å². The minimum absolute atomic E-state index is 0.179. The molecule has 2 aromatic heterocycles. The molecule has 0 unspecified atom stereocenters. The highest BCUT2D eigenvalue weighted by molar-refractivity contribution is 7.11. The molecule has 0 aliphatic rings. The average Bonchev–Trinajstić information content (AvgIpc) is 2.95. The molecule has 21 heavy (non-hydrogen) atoms. The third-order valence-electron chi connectivity index (χ3n) is 3.00. The molecule has 0 fully saturated rings. The maximum Gasteiger partial charge on any atom is 0.264 e. The number of carbonyl (C=O) groups is 1. The molecule has 7 heteroatoms. The summed E-state index contributed by atoms with van der Waals surface area (Å²) in [7, 11) is 0. The Morgan fingerprint density at radius 2 is 1.95 bits per heavy atom. The molecule has 0 bridgehead atoms. The SMILES string of the molecule is Cc1ncsc1C(=O)NC(C)(C)c1noc(C(C)(C)C)n1. The molecule has 0 aliphatic carbocycles. The lowest BCUT2D eigenvalue weighted by Gasteiger charge is -2.22. The molecule has 2 aromatic rings. The van der Waals surface area contributed by atoms with Gasteiger partial charge in [0, 0.05) is 5.41 Å². The number of carbonyl (C=O) groups excluding carboxylic acids is 1. The topological polar surface area (TPSA) is 80.9 Å². The van der Waals surface area contributed by atoms with Crippen molar-refractivity contribution in [2.45, 2.75) is 52.5 Å². The van der Waals surface area contributed by atoms with Crippen molar-refractivity contribution in [1.29, 1.82) is 0 Å². The standard InChI is InChI=1S/C14H20N4O2S/c1-8-9(21-7-15-8)10(19)17-14(5,6)11-16-12(20-18-11)13(2,3)4/h7H,1-6H3,(H,17,19). The van der Waals surface area contributed by atoms with E-state index in [-0.39, 0.29) is 11.3 Å². The van der Waals surface area contributed by atoms with E-state index in [1.165, 1.54) is 11.3 Å². The van der Waals surface area contributed by atoms with Gasteiger partial charge < -0.3 is 9.84 Å². The molecule has 0 atom stereocenters. The van der Waals surface area contributed by atoms with E-state index < -0.39 is 5.54 Å². The van der Waals surface area contributed by atoms with Crippen molar-refractivity contribution in [3.05, 3.63) is 27.8 Å². The van der Waals surface area contributed by atoms with E-state index in [4.69, 9.17) is 4.52 Å². The fourth-order valence-electron chi connectivity index (χ4n) is 1.70. The van der Waals surface area contributed by atoms with Gasteiger partial charge in [0.1, 0.15) is 4.88 Å². The number of amides is 1. The number of nitrogens with zero attached hydrogens (tertiary/aromatic N) is 3. The molecular formula is C14H20N4O2S. The molecule has 2 rings (SSSR count). The zero-order chi connectivity index (χ0) is 15.8. The van der Waals surface area contributed by atoms with E-state index in [9.17, 15) is 4.79 Å². The van der Waals surface area contributed by atoms with Crippen LogP contribution >= 0.6 is 11.3 Å². The molecule has 0 saturated heterocycles. The van der Waals surface area contributed by atoms with Gasteiger partial charge in [-0.3, -0.25) is 4.79 Å². The highest BCUT2D eigenvalue weighted by Gasteiger charge is 2.32. The first-order valence-corrected chi connectivity index (χ1v) is 7.56. The van der Waals surface area contributed by atoms with Crippen LogP contribution in [0.3, 0.4) is 0 Å². The molecule has 1 N–H and O–H groups in total. The summed E-state index contributed by atoms with van der Waals surface area (Å²) in [5, 5.41) is 6.93. The van der Waals surface area contributed by atoms with Gasteiger partial charge in [0.2, 0.25) is 5.89 Å². The van der Waals surface area contributed by atoms with Crippen LogP contribution in [0.25, 0.3) is 0 Å². The van der Waals surface area contributed by atoms with Crippen LogP contribution in [0.5, 0.6) is 0 Å². The predicted molar refractivity (Wildman–Crippen MR) is 80.3 cm³/mol. The monoisotopic (exact) mass is 308 g/mol. The van der Waals surface area contributed by atoms with Crippen LogP contribution < -0.4 is 5.32 Å². The van der Waals surface area contributed by atoms with Gasteiger partial charge in [0.15, 0.2) is 5.82 Å². The third kappa shape index (κ3) is 3.29. The van der Waals surface area contributed by atoms with Crippen LogP contribution in [0.4, 0.5) is 0 Å². The summed E-state index contributed by atoms with van der Waals surface area (Å²) in [4.78, 5) is 21.4. The number of hydrogen-bond donors (Lipinski definition) is 1. The first kappa shape index (κ1) is 15.6. The second kappa shape index (κ2) is 5.22. The summed E-state index contributed by atoms with van der Waals surface area (Å²) in [6, 6.07) is 0. The van der Waals surface area contributed by atoms with E-state index in [1.54, 1.807) is 5.51 Å². The van der Waals surface area contributed by atoms with Crippen LogP contribution in [-0.2, 0) is 11.0 Å². The summed E-state index contributed by atoms with van der Waals surface area (Å²) in [5.74, 6) is 0.832. The van der Waals surface area contributed by atoms with E-state index >= 15 is 0 Å². The number of thiazole rings is 1. The Morgan fingerprint density at radius 1 is 1.29 bits per heavy atom. The number of rotatable bonds is 3. The molecule has 0 aliphatic heterocycles. The van der Waals surface area contributed by atoms with Crippen molar-refractivity contribution in [3.8, 4) is 0 Å². The quantitative estimate of drug-likeness (QED) is 0.943. The number of nitrogens with one attached hydrogen (secondary N) is 1. The van der Waals surface area contributed by atoms with Crippen LogP contribution in [-0.4, -0.2) is 21.0 Å². The van der Waals surface area contributed by atoms with Crippen LogP contribution in [0, 0.1) is 6.92 Å². The largest absolute Gasteiger partial charge is 0.339 e. The van der Waals surface area contributed by atoms with Crippen molar-refractivity contribution in [2.75, 3.05) is 0 Å². The van der Waals surface area contributed by atoms with Crippen LogP contribution in [0.2, 0.25) is 0 Å². The maximum atomic E-state index is 12.3. The zero-order valence-corrected chi connectivity index (χ0v) is 14.0.